The van der Waals surface area contributed by atoms with Crippen LogP contribution in [-0.4, -0.2) is 23.8 Å². The van der Waals surface area contributed by atoms with Crippen LogP contribution >= 0.6 is 0 Å². The van der Waals surface area contributed by atoms with Crippen LogP contribution in [0, 0.1) is 0 Å². The van der Waals surface area contributed by atoms with Crippen molar-refractivity contribution in [3.63, 3.8) is 0 Å². The van der Waals surface area contributed by atoms with Gasteiger partial charge in [0.1, 0.15) is 17.3 Å². The zero-order valence-corrected chi connectivity index (χ0v) is 17.0. The van der Waals surface area contributed by atoms with Crippen molar-refractivity contribution >= 4 is 10.9 Å². The van der Waals surface area contributed by atoms with E-state index in [-0.39, 0.29) is 5.56 Å². The largest absolute Gasteiger partial charge is 0.497 e. The highest BCUT2D eigenvalue weighted by molar-refractivity contribution is 5.81. The molecule has 0 bridgehead atoms. The van der Waals surface area contributed by atoms with Gasteiger partial charge in [-0.15, -0.1) is 0 Å². The molecule has 4 rings (SSSR count). The van der Waals surface area contributed by atoms with Crippen molar-refractivity contribution in [1.82, 2.24) is 9.55 Å². The molecule has 0 spiro atoms. The topological polar surface area (TPSA) is 79.4 Å². The predicted molar refractivity (Wildman–Crippen MR) is 118 cm³/mol. The van der Waals surface area contributed by atoms with Gasteiger partial charge in [0, 0.05) is 12.1 Å². The summed E-state index contributed by atoms with van der Waals surface area (Å²) in [5, 5.41) is 0.510. The van der Waals surface area contributed by atoms with Crippen molar-refractivity contribution in [3.8, 4) is 22.9 Å². The first-order valence-corrected chi connectivity index (χ1v) is 9.64. The molecule has 3 aromatic carbocycles. The highest BCUT2D eigenvalue weighted by Gasteiger charge is 2.15. The minimum Gasteiger partial charge on any atom is -0.497 e. The first kappa shape index (κ1) is 19.7. The van der Waals surface area contributed by atoms with E-state index in [4.69, 9.17) is 20.2 Å². The molecular weight excluding hydrogens is 378 g/mol. The maximum absolute atomic E-state index is 13.5. The Bertz CT molecular complexity index is 1260. The van der Waals surface area contributed by atoms with Gasteiger partial charge in [-0.3, -0.25) is 9.36 Å². The van der Waals surface area contributed by atoms with Crippen LogP contribution in [0.1, 0.15) is 11.1 Å². The number of nitrogens with two attached hydrogens (primary N) is 1. The standard InChI is InChI=1S/C24H23N3O3/c1-29-19-8-4-7-18(12-19)23-26-22-10-9-20(30-2)13-21(22)24(28)27(23)15-17-6-3-5-16(11-17)14-25/h3-13H,14-15,25H2,1-2H3. The molecule has 0 aliphatic carbocycles. The second-order valence-electron chi connectivity index (χ2n) is 6.97. The van der Waals surface area contributed by atoms with Crippen molar-refractivity contribution in [2.45, 2.75) is 13.1 Å². The third kappa shape index (κ3) is 3.77. The van der Waals surface area contributed by atoms with Crippen LogP contribution < -0.4 is 20.8 Å². The van der Waals surface area contributed by atoms with Crippen LogP contribution in [0.15, 0.2) is 71.5 Å². The summed E-state index contributed by atoms with van der Waals surface area (Å²) in [7, 11) is 3.20. The molecule has 1 aromatic heterocycles. The van der Waals surface area contributed by atoms with E-state index in [1.807, 2.05) is 48.5 Å². The quantitative estimate of drug-likeness (QED) is 0.534. The summed E-state index contributed by atoms with van der Waals surface area (Å²) in [5.74, 6) is 1.90. The maximum Gasteiger partial charge on any atom is 0.262 e. The Morgan fingerprint density at radius 3 is 2.40 bits per heavy atom. The van der Waals surface area contributed by atoms with E-state index in [1.54, 1.807) is 37.0 Å². The number of rotatable bonds is 6. The van der Waals surface area contributed by atoms with Gasteiger partial charge in [-0.05, 0) is 41.5 Å². The van der Waals surface area contributed by atoms with Crippen LogP contribution in [0.5, 0.6) is 11.5 Å². The minimum atomic E-state index is -0.130. The third-order valence-corrected chi connectivity index (χ3v) is 5.06. The van der Waals surface area contributed by atoms with Crippen LogP contribution in [0.2, 0.25) is 0 Å². The lowest BCUT2D eigenvalue weighted by molar-refractivity contribution is 0.415. The van der Waals surface area contributed by atoms with E-state index in [1.165, 1.54) is 0 Å². The zero-order chi connectivity index (χ0) is 21.1. The Morgan fingerprint density at radius 1 is 0.900 bits per heavy atom. The van der Waals surface area contributed by atoms with Gasteiger partial charge in [-0.1, -0.05) is 36.4 Å². The van der Waals surface area contributed by atoms with Gasteiger partial charge in [-0.25, -0.2) is 4.98 Å². The number of hydrogen-bond acceptors (Lipinski definition) is 5. The summed E-state index contributed by atoms with van der Waals surface area (Å²) in [6.45, 7) is 0.817. The molecule has 0 atom stereocenters. The molecule has 0 radical (unpaired) electrons. The average molecular weight is 401 g/mol. The van der Waals surface area contributed by atoms with E-state index in [2.05, 4.69) is 0 Å². The maximum atomic E-state index is 13.5. The Labute approximate surface area is 174 Å². The molecule has 0 aliphatic heterocycles. The molecule has 0 aliphatic rings. The molecule has 6 nitrogen and oxygen atoms in total. The van der Waals surface area contributed by atoms with Crippen molar-refractivity contribution in [2.75, 3.05) is 14.2 Å². The van der Waals surface area contributed by atoms with Crippen molar-refractivity contribution in [3.05, 3.63) is 88.2 Å². The zero-order valence-electron chi connectivity index (χ0n) is 17.0. The van der Waals surface area contributed by atoms with Crippen molar-refractivity contribution in [1.29, 1.82) is 0 Å². The fourth-order valence-corrected chi connectivity index (χ4v) is 3.49. The van der Waals surface area contributed by atoms with E-state index < -0.39 is 0 Å². The van der Waals surface area contributed by atoms with Crippen LogP contribution in [0.4, 0.5) is 0 Å². The van der Waals surface area contributed by atoms with Gasteiger partial charge < -0.3 is 15.2 Å². The van der Waals surface area contributed by atoms with Gasteiger partial charge in [0.05, 0.1) is 31.7 Å². The molecule has 2 N–H and O–H groups in total. The summed E-state index contributed by atoms with van der Waals surface area (Å²) in [4.78, 5) is 18.3. The number of ether oxygens (including phenoxy) is 2. The summed E-state index contributed by atoms with van der Waals surface area (Å²) in [6, 6.07) is 20.8. The number of benzene rings is 3. The predicted octanol–water partition coefficient (Wildman–Crippen LogP) is 3.59. The molecule has 4 aromatic rings. The molecule has 30 heavy (non-hydrogen) atoms. The van der Waals surface area contributed by atoms with Gasteiger partial charge in [0.2, 0.25) is 0 Å². The fraction of sp³-hybridized carbons (Fsp3) is 0.167. The molecule has 0 amide bonds. The molecule has 0 fully saturated rings. The molecule has 0 saturated carbocycles. The lowest BCUT2D eigenvalue weighted by Gasteiger charge is -2.15. The lowest BCUT2D eigenvalue weighted by atomic mass is 10.1. The number of nitrogens with zero attached hydrogens (tertiary/aromatic N) is 2. The normalized spacial score (nSPS) is 10.9. The van der Waals surface area contributed by atoms with Gasteiger partial charge in [0.25, 0.3) is 5.56 Å². The molecule has 0 unspecified atom stereocenters. The Morgan fingerprint density at radius 2 is 1.63 bits per heavy atom. The number of hydrogen-bond donors (Lipinski definition) is 1. The SMILES string of the molecule is COc1cccc(-c2nc3ccc(OC)cc3c(=O)n2Cc2cccc(CN)c2)c1. The number of fused-ring (bicyclic) bond motifs is 1. The fourth-order valence-electron chi connectivity index (χ4n) is 3.49. The Balaban J connectivity index is 1.95. The van der Waals surface area contributed by atoms with Gasteiger partial charge in [-0.2, -0.15) is 0 Å². The van der Waals surface area contributed by atoms with E-state index >= 15 is 0 Å². The Kier molecular flexibility index (Phi) is 5.50. The van der Waals surface area contributed by atoms with Crippen LogP contribution in [-0.2, 0) is 13.1 Å². The molecular formula is C24H23N3O3. The first-order chi connectivity index (χ1) is 14.6. The summed E-state index contributed by atoms with van der Waals surface area (Å²) < 4.78 is 12.4. The number of methoxy groups -OCH3 is 2. The van der Waals surface area contributed by atoms with E-state index in [9.17, 15) is 4.79 Å². The first-order valence-electron chi connectivity index (χ1n) is 9.64. The smallest absolute Gasteiger partial charge is 0.262 e. The lowest BCUT2D eigenvalue weighted by Crippen LogP contribution is -2.24. The number of aromatic nitrogens is 2. The van der Waals surface area contributed by atoms with E-state index in [0.29, 0.717) is 41.3 Å². The van der Waals surface area contributed by atoms with Crippen LogP contribution in [0.3, 0.4) is 0 Å². The molecule has 152 valence electrons. The van der Waals surface area contributed by atoms with Gasteiger partial charge >= 0.3 is 0 Å². The van der Waals surface area contributed by atoms with Crippen molar-refractivity contribution in [2.24, 2.45) is 5.73 Å². The van der Waals surface area contributed by atoms with Gasteiger partial charge in [0.15, 0.2) is 0 Å². The summed E-state index contributed by atoms with van der Waals surface area (Å²) >= 11 is 0. The van der Waals surface area contributed by atoms with E-state index in [0.717, 1.165) is 16.7 Å². The third-order valence-electron chi connectivity index (χ3n) is 5.06. The molecule has 0 saturated heterocycles. The second kappa shape index (κ2) is 8.39. The monoisotopic (exact) mass is 401 g/mol. The highest BCUT2D eigenvalue weighted by atomic mass is 16.5. The second-order valence-corrected chi connectivity index (χ2v) is 6.97. The molecule has 6 heteroatoms. The summed E-state index contributed by atoms with van der Waals surface area (Å²) in [5.41, 5.74) is 9.08. The minimum absolute atomic E-state index is 0.130. The highest BCUT2D eigenvalue weighted by Crippen LogP contribution is 2.25. The average Bonchev–Trinajstić information content (AvgIpc) is 2.80. The summed E-state index contributed by atoms with van der Waals surface area (Å²) in [6.07, 6.45) is 0. The van der Waals surface area contributed by atoms with Crippen molar-refractivity contribution < 1.29 is 9.47 Å². The Hall–Kier alpha value is -3.64. The molecule has 1 heterocycles. The van der Waals surface area contributed by atoms with Crippen LogP contribution in [0.25, 0.3) is 22.3 Å².